The minimum Gasteiger partial charge on any atom is -0.299 e. The van der Waals surface area contributed by atoms with Crippen LogP contribution in [0.4, 0.5) is 0 Å². The summed E-state index contributed by atoms with van der Waals surface area (Å²) in [4.78, 5) is 67.6. The van der Waals surface area contributed by atoms with Crippen LogP contribution in [0.5, 0.6) is 0 Å². The zero-order valence-corrected chi connectivity index (χ0v) is 24.8. The number of hydrogen-bond donors (Lipinski definition) is 0. The molecule has 4 amide bonds. The molecule has 10 heteroatoms. The van der Waals surface area contributed by atoms with Gasteiger partial charge < -0.3 is 0 Å². The van der Waals surface area contributed by atoms with Gasteiger partial charge in [-0.1, -0.05) is 88.4 Å². The highest BCUT2D eigenvalue weighted by molar-refractivity contribution is 5.85. The van der Waals surface area contributed by atoms with E-state index in [9.17, 15) is 19.2 Å². The molecule has 222 valence electrons. The van der Waals surface area contributed by atoms with Crippen molar-refractivity contribution in [3.8, 4) is 0 Å². The fourth-order valence-corrected chi connectivity index (χ4v) is 7.55. The molecule has 0 radical (unpaired) electrons. The molecule has 2 aromatic rings. The topological polar surface area (TPSA) is 87.7 Å². The third-order valence-electron chi connectivity index (χ3n) is 9.22. The minimum atomic E-state index is -0.778. The van der Waals surface area contributed by atoms with Gasteiger partial charge in [-0.3, -0.25) is 48.6 Å². The number of carbonyl (C=O) groups excluding carboxylic acids is 4. The van der Waals surface area contributed by atoms with Crippen LogP contribution in [0.3, 0.4) is 0 Å². The Morgan fingerprint density at radius 3 is 0.952 bits per heavy atom. The third-order valence-corrected chi connectivity index (χ3v) is 9.22. The van der Waals surface area contributed by atoms with E-state index in [0.29, 0.717) is 13.1 Å². The molecule has 5 heterocycles. The molecule has 2 aromatic carbocycles. The van der Waals surface area contributed by atoms with E-state index in [1.54, 1.807) is 0 Å². The molecule has 5 fully saturated rings. The molecule has 4 atom stereocenters. The van der Waals surface area contributed by atoms with Gasteiger partial charge in [0, 0.05) is 38.8 Å². The second kappa shape index (κ2) is 11.1. The van der Waals surface area contributed by atoms with Crippen LogP contribution >= 0.6 is 0 Å². The summed E-state index contributed by atoms with van der Waals surface area (Å²) in [5, 5.41) is 0. The molecule has 0 unspecified atom stereocenters. The predicted molar refractivity (Wildman–Crippen MR) is 155 cm³/mol. The molecule has 6 bridgehead atoms. The van der Waals surface area contributed by atoms with Crippen molar-refractivity contribution >= 4 is 23.6 Å². The number of benzene rings is 2. The summed E-state index contributed by atoms with van der Waals surface area (Å²) in [5.41, 5.74) is 2.07. The van der Waals surface area contributed by atoms with Crippen molar-refractivity contribution in [2.75, 3.05) is 0 Å². The summed E-state index contributed by atoms with van der Waals surface area (Å²) < 4.78 is 0. The Morgan fingerprint density at radius 2 is 0.714 bits per heavy atom. The second-order valence-electron chi connectivity index (χ2n) is 11.4. The lowest BCUT2D eigenvalue weighted by molar-refractivity contribution is -0.180. The van der Waals surface area contributed by atoms with Crippen LogP contribution in [0.2, 0.25) is 0 Å². The molecule has 5 aliphatic rings. The zero-order chi connectivity index (χ0) is 29.7. The first-order valence-corrected chi connectivity index (χ1v) is 15.2. The van der Waals surface area contributed by atoms with Gasteiger partial charge in [-0.2, -0.15) is 0 Å². The van der Waals surface area contributed by atoms with Gasteiger partial charge in [0.2, 0.25) is 23.6 Å². The Balaban J connectivity index is 1.64. The lowest BCUT2D eigenvalue weighted by Crippen LogP contribution is -2.74. The van der Waals surface area contributed by atoms with E-state index in [-0.39, 0.29) is 49.3 Å². The van der Waals surface area contributed by atoms with Crippen LogP contribution in [-0.4, -0.2) is 90.0 Å². The van der Waals surface area contributed by atoms with E-state index in [4.69, 9.17) is 0 Å². The number of amides is 4. The summed E-state index contributed by atoms with van der Waals surface area (Å²) in [6, 6.07) is 20.0. The summed E-state index contributed by atoms with van der Waals surface area (Å²) in [6.45, 7) is 8.24. The monoisotopic (exact) mass is 572 g/mol. The molecular formula is C32H40N6O4. The molecule has 0 aliphatic carbocycles. The first-order chi connectivity index (χ1) is 20.4. The van der Waals surface area contributed by atoms with Crippen molar-refractivity contribution in [3.63, 3.8) is 0 Å². The molecule has 5 aliphatic heterocycles. The van der Waals surface area contributed by atoms with E-state index in [1.165, 1.54) is 0 Å². The smallest absolute Gasteiger partial charge is 0.225 e. The average Bonchev–Trinajstić information content (AvgIpc) is 3.51. The summed E-state index contributed by atoms with van der Waals surface area (Å²) in [6.07, 6.45) is -2.52. The standard InChI is InChI=1S/C32H40N6O4/c1-5-23(39)35-27-28-34(20-22-17-13-10-14-18-22)30-29(33(27)19-21-15-11-9-12-16-21)37(25(41)7-3)32(38(30)26(42)8-4)31(35)36(28)24(40)6-2/h9-18,27-32H,5-8,19-20H2,1-4H3/t27-,28-,29-,30-,31?,32?/m0/s1. The molecule has 7 rings (SSSR count). The fourth-order valence-electron chi connectivity index (χ4n) is 7.55. The highest BCUT2D eigenvalue weighted by Gasteiger charge is 2.74. The average molecular weight is 573 g/mol. The quantitative estimate of drug-likeness (QED) is 0.484. The third kappa shape index (κ3) is 4.14. The summed E-state index contributed by atoms with van der Waals surface area (Å²) in [5.74, 6) is -0.397. The Bertz CT molecular complexity index is 1190. The largest absolute Gasteiger partial charge is 0.299 e. The number of hydrogen-bond acceptors (Lipinski definition) is 6. The van der Waals surface area contributed by atoms with Gasteiger partial charge >= 0.3 is 0 Å². The van der Waals surface area contributed by atoms with Gasteiger partial charge in [-0.25, -0.2) is 0 Å². The number of piperazine rings is 1. The van der Waals surface area contributed by atoms with Crippen molar-refractivity contribution in [2.45, 2.75) is 103 Å². The van der Waals surface area contributed by atoms with Crippen LogP contribution in [0.25, 0.3) is 0 Å². The molecule has 0 spiro atoms. The van der Waals surface area contributed by atoms with Crippen LogP contribution < -0.4 is 0 Å². The van der Waals surface area contributed by atoms with Gasteiger partial charge in [-0.05, 0) is 11.1 Å². The number of carbonyl (C=O) groups is 4. The van der Waals surface area contributed by atoms with E-state index < -0.39 is 37.0 Å². The number of rotatable bonds is 8. The highest BCUT2D eigenvalue weighted by atomic mass is 16.2. The maximum absolute atomic E-state index is 14.0. The Labute approximate surface area is 247 Å². The first kappa shape index (κ1) is 28.4. The van der Waals surface area contributed by atoms with Gasteiger partial charge in [0.05, 0.1) is 0 Å². The van der Waals surface area contributed by atoms with E-state index in [2.05, 4.69) is 9.80 Å². The normalized spacial score (nSPS) is 28.1. The van der Waals surface area contributed by atoms with Gasteiger partial charge in [-0.15, -0.1) is 0 Å². The Morgan fingerprint density at radius 1 is 0.452 bits per heavy atom. The van der Waals surface area contributed by atoms with E-state index in [0.717, 1.165) is 11.1 Å². The Hall–Kier alpha value is -3.76. The van der Waals surface area contributed by atoms with Crippen molar-refractivity contribution in [3.05, 3.63) is 71.8 Å². The summed E-state index contributed by atoms with van der Waals surface area (Å²) in [7, 11) is 0. The number of nitrogens with zero attached hydrogens (tertiary/aromatic N) is 6. The first-order valence-electron chi connectivity index (χ1n) is 15.2. The fraction of sp³-hybridized carbons (Fsp3) is 0.500. The van der Waals surface area contributed by atoms with Crippen LogP contribution in [0.1, 0.15) is 64.5 Å². The molecule has 5 saturated heterocycles. The Kier molecular flexibility index (Phi) is 7.53. The molecule has 0 saturated carbocycles. The van der Waals surface area contributed by atoms with E-state index >= 15 is 0 Å². The van der Waals surface area contributed by atoms with Crippen LogP contribution in [-0.2, 0) is 32.3 Å². The van der Waals surface area contributed by atoms with Gasteiger partial charge in [0.25, 0.3) is 0 Å². The zero-order valence-electron chi connectivity index (χ0n) is 24.8. The maximum atomic E-state index is 14.0. The van der Waals surface area contributed by atoms with Crippen LogP contribution in [0.15, 0.2) is 60.7 Å². The molecule has 0 N–H and O–H groups in total. The van der Waals surface area contributed by atoms with Gasteiger partial charge in [0.15, 0.2) is 0 Å². The predicted octanol–water partition coefficient (Wildman–Crippen LogP) is 2.96. The van der Waals surface area contributed by atoms with Crippen molar-refractivity contribution in [2.24, 2.45) is 0 Å². The molecular weight excluding hydrogens is 532 g/mol. The lowest BCUT2D eigenvalue weighted by atomic mass is 10.0. The highest BCUT2D eigenvalue weighted by Crippen LogP contribution is 2.53. The molecule has 10 nitrogen and oxygen atoms in total. The second-order valence-corrected chi connectivity index (χ2v) is 11.4. The molecule has 42 heavy (non-hydrogen) atoms. The molecule has 0 aromatic heterocycles. The SMILES string of the molecule is CCC(=O)N1C2C3N(C(=O)CC)[C@H]4[C@H](N3C(=O)CC)N(Cc3ccccc3)[C@H]([C@H]1N4Cc1ccccc1)N2C(=O)CC. The van der Waals surface area contributed by atoms with Crippen molar-refractivity contribution in [1.82, 2.24) is 29.4 Å². The van der Waals surface area contributed by atoms with E-state index in [1.807, 2.05) is 108 Å². The van der Waals surface area contributed by atoms with Gasteiger partial charge in [0.1, 0.15) is 37.0 Å². The summed E-state index contributed by atoms with van der Waals surface area (Å²) >= 11 is 0. The maximum Gasteiger partial charge on any atom is 0.225 e. The van der Waals surface area contributed by atoms with Crippen molar-refractivity contribution < 1.29 is 19.2 Å². The van der Waals surface area contributed by atoms with Crippen molar-refractivity contribution in [1.29, 1.82) is 0 Å². The van der Waals surface area contributed by atoms with Crippen LogP contribution in [0, 0.1) is 0 Å². The minimum absolute atomic E-state index is 0.0991. The lowest BCUT2D eigenvalue weighted by Gasteiger charge is -2.55.